The summed E-state index contributed by atoms with van der Waals surface area (Å²) in [5.74, 6) is -1.07. The molecule has 8 nitrogen and oxygen atoms in total. The van der Waals surface area contributed by atoms with Gasteiger partial charge in [-0.25, -0.2) is 4.79 Å². The molecule has 0 radical (unpaired) electrons. The Morgan fingerprint density at radius 1 is 1.25 bits per heavy atom. The molecule has 0 spiro atoms. The Labute approximate surface area is 139 Å². The molecule has 1 aromatic carbocycles. The highest BCUT2D eigenvalue weighted by atomic mass is 16.5. The van der Waals surface area contributed by atoms with Crippen molar-refractivity contribution in [1.29, 1.82) is 0 Å². The number of carbonyl (C=O) groups excluding carboxylic acids is 2. The number of hydrogen-bond acceptors (Lipinski definition) is 4. The number of amides is 3. The summed E-state index contributed by atoms with van der Waals surface area (Å²) in [6.45, 7) is 4.01. The number of morpholine rings is 1. The van der Waals surface area contributed by atoms with Crippen molar-refractivity contribution < 1.29 is 24.2 Å². The summed E-state index contributed by atoms with van der Waals surface area (Å²) in [5, 5.41) is 13.6. The quantitative estimate of drug-likeness (QED) is 0.746. The number of nitrogens with zero attached hydrogens (tertiary/aromatic N) is 1. The second-order valence-corrected chi connectivity index (χ2v) is 5.46. The molecule has 24 heavy (non-hydrogen) atoms. The van der Waals surface area contributed by atoms with Gasteiger partial charge in [0.15, 0.2) is 0 Å². The molecule has 130 valence electrons. The molecule has 1 aromatic rings. The van der Waals surface area contributed by atoms with Gasteiger partial charge >= 0.3 is 12.0 Å². The molecule has 1 aliphatic rings. The summed E-state index contributed by atoms with van der Waals surface area (Å²) < 4.78 is 5.25. The largest absolute Gasteiger partial charge is 0.481 e. The fourth-order valence-corrected chi connectivity index (χ4v) is 2.33. The Morgan fingerprint density at radius 2 is 1.96 bits per heavy atom. The highest BCUT2D eigenvalue weighted by Gasteiger charge is 2.20. The van der Waals surface area contributed by atoms with Gasteiger partial charge in [0, 0.05) is 30.9 Å². The van der Waals surface area contributed by atoms with Gasteiger partial charge in [-0.3, -0.25) is 9.59 Å². The van der Waals surface area contributed by atoms with Gasteiger partial charge in [0.1, 0.15) is 0 Å². The molecule has 0 aliphatic carbocycles. The lowest BCUT2D eigenvalue weighted by Gasteiger charge is -2.27. The first-order valence-corrected chi connectivity index (χ1v) is 7.71. The van der Waals surface area contributed by atoms with Crippen molar-refractivity contribution in [2.24, 2.45) is 0 Å². The van der Waals surface area contributed by atoms with Crippen molar-refractivity contribution in [3.05, 3.63) is 29.3 Å². The smallest absolute Gasteiger partial charge is 0.319 e. The third kappa shape index (κ3) is 4.95. The number of anilines is 1. The lowest BCUT2D eigenvalue weighted by Crippen LogP contribution is -2.41. The summed E-state index contributed by atoms with van der Waals surface area (Å²) in [4.78, 5) is 36.5. The molecule has 3 N–H and O–H groups in total. The van der Waals surface area contributed by atoms with E-state index in [-0.39, 0.29) is 18.9 Å². The molecule has 1 saturated heterocycles. The Kier molecular flexibility index (Phi) is 6.14. The normalized spacial score (nSPS) is 14.1. The third-order valence-corrected chi connectivity index (χ3v) is 3.65. The molecular weight excluding hydrogens is 314 g/mol. The maximum atomic E-state index is 12.6. The summed E-state index contributed by atoms with van der Waals surface area (Å²) in [7, 11) is 0. The van der Waals surface area contributed by atoms with Crippen molar-refractivity contribution in [3.8, 4) is 0 Å². The van der Waals surface area contributed by atoms with Gasteiger partial charge in [0.25, 0.3) is 5.91 Å². The number of carboxylic acid groups (broad SMARTS) is 1. The van der Waals surface area contributed by atoms with Gasteiger partial charge < -0.3 is 25.4 Å². The summed E-state index contributed by atoms with van der Waals surface area (Å²) in [5.41, 5.74) is 1.83. The number of aliphatic carboxylic acids is 1. The van der Waals surface area contributed by atoms with Crippen LogP contribution in [-0.4, -0.2) is 60.8 Å². The van der Waals surface area contributed by atoms with E-state index in [4.69, 9.17) is 9.84 Å². The number of benzene rings is 1. The average Bonchev–Trinajstić information content (AvgIpc) is 2.56. The van der Waals surface area contributed by atoms with Crippen molar-refractivity contribution >= 4 is 23.6 Å². The van der Waals surface area contributed by atoms with Crippen LogP contribution < -0.4 is 10.6 Å². The fourth-order valence-electron chi connectivity index (χ4n) is 2.33. The topological polar surface area (TPSA) is 108 Å². The maximum Gasteiger partial charge on any atom is 0.319 e. The van der Waals surface area contributed by atoms with E-state index in [0.717, 1.165) is 5.56 Å². The molecule has 0 unspecified atom stereocenters. The van der Waals surface area contributed by atoms with E-state index < -0.39 is 12.0 Å². The highest BCUT2D eigenvalue weighted by molar-refractivity contribution is 5.98. The molecule has 0 atom stereocenters. The molecule has 0 saturated carbocycles. The van der Waals surface area contributed by atoms with Crippen LogP contribution >= 0.6 is 0 Å². The number of aryl methyl sites for hydroxylation is 1. The van der Waals surface area contributed by atoms with Crippen molar-refractivity contribution in [2.45, 2.75) is 13.3 Å². The molecule has 1 aliphatic heterocycles. The van der Waals surface area contributed by atoms with Crippen LogP contribution in [0.5, 0.6) is 0 Å². The molecule has 1 fully saturated rings. The van der Waals surface area contributed by atoms with E-state index in [0.29, 0.717) is 37.6 Å². The van der Waals surface area contributed by atoms with Gasteiger partial charge in [-0.1, -0.05) is 6.07 Å². The van der Waals surface area contributed by atoms with Gasteiger partial charge in [-0.15, -0.1) is 0 Å². The SMILES string of the molecule is Cc1ccc(NC(=O)NCCC(=O)O)cc1C(=O)N1CCOCC1. The Morgan fingerprint density at radius 3 is 2.62 bits per heavy atom. The fraction of sp³-hybridized carbons (Fsp3) is 0.438. The third-order valence-electron chi connectivity index (χ3n) is 3.65. The minimum absolute atomic E-state index is 0.0343. The first-order valence-electron chi connectivity index (χ1n) is 7.71. The zero-order chi connectivity index (χ0) is 17.5. The van der Waals surface area contributed by atoms with E-state index in [1.807, 2.05) is 6.92 Å². The van der Waals surface area contributed by atoms with Crippen LogP contribution in [0.3, 0.4) is 0 Å². The van der Waals surface area contributed by atoms with E-state index in [2.05, 4.69) is 10.6 Å². The molecule has 2 rings (SSSR count). The Bertz CT molecular complexity index is 626. The average molecular weight is 335 g/mol. The number of rotatable bonds is 5. The van der Waals surface area contributed by atoms with E-state index in [1.165, 1.54) is 0 Å². The molecule has 8 heteroatoms. The number of ether oxygens (including phenoxy) is 1. The van der Waals surface area contributed by atoms with Crippen LogP contribution in [0, 0.1) is 6.92 Å². The number of carbonyl (C=O) groups is 3. The van der Waals surface area contributed by atoms with Gasteiger partial charge in [-0.2, -0.15) is 0 Å². The second-order valence-electron chi connectivity index (χ2n) is 5.46. The van der Waals surface area contributed by atoms with Crippen LogP contribution in [0.25, 0.3) is 0 Å². The zero-order valence-electron chi connectivity index (χ0n) is 13.5. The van der Waals surface area contributed by atoms with Gasteiger partial charge in [0.05, 0.1) is 19.6 Å². The van der Waals surface area contributed by atoms with Crippen LogP contribution in [0.4, 0.5) is 10.5 Å². The molecule has 0 bridgehead atoms. The predicted molar refractivity (Wildman–Crippen MR) is 87.2 cm³/mol. The van der Waals surface area contributed by atoms with Crippen LogP contribution in [-0.2, 0) is 9.53 Å². The lowest BCUT2D eigenvalue weighted by atomic mass is 10.1. The standard InChI is InChI=1S/C16H21N3O5/c1-11-2-3-12(18-16(23)17-5-4-14(20)21)10-13(11)15(22)19-6-8-24-9-7-19/h2-3,10H,4-9H2,1H3,(H,20,21)(H2,17,18,23). The van der Waals surface area contributed by atoms with E-state index in [9.17, 15) is 14.4 Å². The summed E-state index contributed by atoms with van der Waals surface area (Å²) in [6, 6.07) is 4.58. The number of nitrogens with one attached hydrogen (secondary N) is 2. The van der Waals surface area contributed by atoms with E-state index in [1.54, 1.807) is 23.1 Å². The van der Waals surface area contributed by atoms with Crippen LogP contribution in [0.15, 0.2) is 18.2 Å². The monoisotopic (exact) mass is 335 g/mol. The second kappa shape index (κ2) is 8.30. The van der Waals surface area contributed by atoms with E-state index >= 15 is 0 Å². The zero-order valence-corrected chi connectivity index (χ0v) is 13.5. The maximum absolute atomic E-state index is 12.6. The summed E-state index contributed by atoms with van der Waals surface area (Å²) in [6.07, 6.45) is -0.151. The molecule has 3 amide bonds. The van der Waals surface area contributed by atoms with Crippen LogP contribution in [0.1, 0.15) is 22.3 Å². The lowest BCUT2D eigenvalue weighted by molar-refractivity contribution is -0.136. The highest BCUT2D eigenvalue weighted by Crippen LogP contribution is 2.18. The molecular formula is C16H21N3O5. The Hall–Kier alpha value is -2.61. The number of hydrogen-bond donors (Lipinski definition) is 3. The molecule has 0 aromatic heterocycles. The van der Waals surface area contributed by atoms with Crippen molar-refractivity contribution in [3.63, 3.8) is 0 Å². The summed E-state index contributed by atoms with van der Waals surface area (Å²) >= 11 is 0. The molecule has 1 heterocycles. The minimum Gasteiger partial charge on any atom is -0.481 e. The van der Waals surface area contributed by atoms with Gasteiger partial charge in [-0.05, 0) is 24.6 Å². The van der Waals surface area contributed by atoms with Gasteiger partial charge in [0.2, 0.25) is 0 Å². The van der Waals surface area contributed by atoms with Crippen molar-refractivity contribution in [2.75, 3.05) is 38.2 Å². The van der Waals surface area contributed by atoms with Crippen molar-refractivity contribution in [1.82, 2.24) is 10.2 Å². The first-order chi connectivity index (χ1) is 11.5. The predicted octanol–water partition coefficient (Wildman–Crippen LogP) is 1.06. The number of carboxylic acids is 1. The first kappa shape index (κ1) is 17.7. The van der Waals surface area contributed by atoms with Crippen LogP contribution in [0.2, 0.25) is 0 Å². The Balaban J connectivity index is 2.00. The number of urea groups is 1. The minimum atomic E-state index is -0.982.